The zero-order valence-electron chi connectivity index (χ0n) is 17.0. The number of aromatic nitrogens is 3. The fourth-order valence-electron chi connectivity index (χ4n) is 4.42. The van der Waals surface area contributed by atoms with Crippen LogP contribution >= 0.6 is 35.7 Å². The number of hydrogen-bond acceptors (Lipinski definition) is 4. The van der Waals surface area contributed by atoms with Crippen molar-refractivity contribution >= 4 is 41.7 Å². The zero-order valence-corrected chi connectivity index (χ0v) is 20.2. The average Bonchev–Trinajstić information content (AvgIpc) is 3.43. The highest BCUT2D eigenvalue weighted by atomic mass is 127. The molecule has 4 rings (SSSR count). The van der Waals surface area contributed by atoms with E-state index in [-0.39, 0.29) is 28.7 Å². The number of aromatic amines is 1. The number of piperidine rings is 1. The molecule has 0 unspecified atom stereocenters. The molecule has 2 fully saturated rings. The summed E-state index contributed by atoms with van der Waals surface area (Å²) in [5, 5.41) is 10.7. The smallest absolute Gasteiger partial charge is 0.193 e. The minimum Gasteiger partial charge on any atom is -0.355 e. The maximum atomic E-state index is 4.59. The van der Waals surface area contributed by atoms with Gasteiger partial charge in [-0.2, -0.15) is 5.10 Å². The van der Waals surface area contributed by atoms with Gasteiger partial charge in [-0.1, -0.05) is 31.0 Å². The molecule has 2 aromatic rings. The van der Waals surface area contributed by atoms with Gasteiger partial charge < -0.3 is 10.2 Å². The Morgan fingerprint density at radius 3 is 2.59 bits per heavy atom. The highest BCUT2D eigenvalue weighted by Crippen LogP contribution is 2.44. The summed E-state index contributed by atoms with van der Waals surface area (Å²) in [5.74, 6) is 2.54. The van der Waals surface area contributed by atoms with Crippen molar-refractivity contribution < 1.29 is 0 Å². The van der Waals surface area contributed by atoms with Crippen LogP contribution in [-0.2, 0) is 0 Å². The molecule has 0 radical (unpaired) electrons. The average molecular weight is 526 g/mol. The van der Waals surface area contributed by atoms with Crippen LogP contribution in [0.15, 0.2) is 46.5 Å². The molecule has 0 atom stereocenters. The normalized spacial score (nSPS) is 19.8. The Hall–Kier alpha value is -1.29. The molecule has 1 aliphatic heterocycles. The predicted octanol–water partition coefficient (Wildman–Crippen LogP) is 4.28. The van der Waals surface area contributed by atoms with Crippen molar-refractivity contribution in [2.75, 3.05) is 26.7 Å². The summed E-state index contributed by atoms with van der Waals surface area (Å²) in [4.78, 5) is 12.7. The largest absolute Gasteiger partial charge is 0.355 e. The summed E-state index contributed by atoms with van der Waals surface area (Å²) >= 11 is 2.04. The molecule has 1 saturated carbocycles. The van der Waals surface area contributed by atoms with Crippen LogP contribution in [0.5, 0.6) is 0 Å². The summed E-state index contributed by atoms with van der Waals surface area (Å²) in [7, 11) is 1.90. The van der Waals surface area contributed by atoms with Crippen molar-refractivity contribution in [3.05, 3.63) is 42.5 Å². The predicted molar refractivity (Wildman–Crippen MR) is 130 cm³/mol. The molecule has 2 aliphatic rings. The number of halogens is 1. The van der Waals surface area contributed by atoms with Crippen LogP contribution in [0.1, 0.15) is 50.3 Å². The molecule has 1 aromatic heterocycles. The number of thioether (sulfide) groups is 1. The lowest BCUT2D eigenvalue weighted by atomic mass is 9.96. The van der Waals surface area contributed by atoms with Gasteiger partial charge in [0.1, 0.15) is 12.2 Å². The Bertz CT molecular complexity index is 753. The van der Waals surface area contributed by atoms with Crippen molar-refractivity contribution in [1.29, 1.82) is 0 Å². The van der Waals surface area contributed by atoms with E-state index in [9.17, 15) is 0 Å². The number of guanidine groups is 1. The first-order valence-corrected chi connectivity index (χ1v) is 11.1. The number of nitrogens with zero attached hydrogens (tertiary/aromatic N) is 4. The maximum absolute atomic E-state index is 4.59. The molecule has 0 spiro atoms. The Kier molecular flexibility index (Phi) is 8.23. The number of aliphatic imine (C=N–C) groups is 1. The van der Waals surface area contributed by atoms with E-state index >= 15 is 0 Å². The van der Waals surface area contributed by atoms with Gasteiger partial charge in [0, 0.05) is 42.2 Å². The number of likely N-dealkylation sites (tertiary alicyclic amines) is 1. The van der Waals surface area contributed by atoms with Crippen LogP contribution in [0.2, 0.25) is 0 Å². The molecule has 1 aromatic carbocycles. The van der Waals surface area contributed by atoms with Crippen molar-refractivity contribution in [2.45, 2.75) is 54.1 Å². The lowest BCUT2D eigenvalue weighted by molar-refractivity contribution is 0.298. The molecule has 6 nitrogen and oxygen atoms in total. The molecule has 2 heterocycles. The second-order valence-corrected chi connectivity index (χ2v) is 9.38. The Morgan fingerprint density at radius 2 is 1.97 bits per heavy atom. The van der Waals surface area contributed by atoms with E-state index in [4.69, 9.17) is 0 Å². The molecule has 0 amide bonds. The number of H-pyrrole nitrogens is 1. The van der Waals surface area contributed by atoms with Gasteiger partial charge in [0.05, 0.1) is 0 Å². The van der Waals surface area contributed by atoms with Crippen molar-refractivity contribution in [1.82, 2.24) is 25.4 Å². The molecule has 2 N–H and O–H groups in total. The molecule has 8 heteroatoms. The summed E-state index contributed by atoms with van der Waals surface area (Å²) < 4.78 is 0.273. The van der Waals surface area contributed by atoms with Gasteiger partial charge in [-0.15, -0.1) is 35.7 Å². The van der Waals surface area contributed by atoms with Crippen LogP contribution < -0.4 is 5.32 Å². The Balaban J connectivity index is 0.00000240. The van der Waals surface area contributed by atoms with Gasteiger partial charge in [0.25, 0.3) is 0 Å². The first-order valence-electron chi connectivity index (χ1n) is 10.3. The molecule has 0 bridgehead atoms. The lowest BCUT2D eigenvalue weighted by Gasteiger charge is -2.36. The minimum atomic E-state index is 0. The summed E-state index contributed by atoms with van der Waals surface area (Å²) in [6, 6.07) is 10.8. The van der Waals surface area contributed by atoms with Crippen molar-refractivity contribution in [2.24, 2.45) is 4.99 Å². The van der Waals surface area contributed by atoms with Crippen LogP contribution in [0.4, 0.5) is 0 Å². The van der Waals surface area contributed by atoms with Gasteiger partial charge in [-0.25, -0.2) is 4.98 Å². The second kappa shape index (κ2) is 10.7. The monoisotopic (exact) mass is 526 g/mol. The van der Waals surface area contributed by atoms with E-state index in [0.29, 0.717) is 5.92 Å². The third kappa shape index (κ3) is 5.65. The second-order valence-electron chi connectivity index (χ2n) is 7.84. The Labute approximate surface area is 194 Å². The van der Waals surface area contributed by atoms with Crippen molar-refractivity contribution in [3.8, 4) is 0 Å². The Morgan fingerprint density at radius 1 is 1.24 bits per heavy atom. The lowest BCUT2D eigenvalue weighted by Crippen LogP contribution is -2.49. The number of rotatable bonds is 5. The van der Waals surface area contributed by atoms with Crippen LogP contribution in [0, 0.1) is 0 Å². The highest BCUT2D eigenvalue weighted by molar-refractivity contribution is 14.0. The molecule has 1 saturated heterocycles. The minimum absolute atomic E-state index is 0. The summed E-state index contributed by atoms with van der Waals surface area (Å²) in [5.41, 5.74) is 0. The van der Waals surface area contributed by atoms with E-state index in [1.54, 1.807) is 6.33 Å². The SMILES string of the molecule is CN=C(NCC1(Sc2ccccc2)CCCC1)N1CCC(c2ncn[nH]2)CC1.I. The van der Waals surface area contributed by atoms with Gasteiger partial charge in [0.15, 0.2) is 5.96 Å². The van der Waals surface area contributed by atoms with E-state index in [1.165, 1.54) is 30.6 Å². The zero-order chi connectivity index (χ0) is 19.2. The summed E-state index contributed by atoms with van der Waals surface area (Å²) in [6.45, 7) is 2.98. The standard InChI is InChI=1S/C21H30N6S.HI/c1-22-20(27-13-9-17(10-14-27)19-24-16-25-26-19)23-15-21(11-5-6-12-21)28-18-7-3-2-4-8-18;/h2-4,7-8,16-17H,5-6,9-15H2,1H3,(H,22,23)(H,24,25,26);1H. The summed E-state index contributed by atoms with van der Waals surface area (Å²) in [6.07, 6.45) is 8.95. The van der Waals surface area contributed by atoms with Gasteiger partial charge in [-0.05, 0) is 37.8 Å². The number of nitrogens with one attached hydrogen (secondary N) is 2. The van der Waals surface area contributed by atoms with Crippen LogP contribution in [0.25, 0.3) is 0 Å². The number of benzene rings is 1. The third-order valence-corrected chi connectivity index (χ3v) is 7.48. The molecule has 29 heavy (non-hydrogen) atoms. The van der Waals surface area contributed by atoms with E-state index < -0.39 is 0 Å². The molecular weight excluding hydrogens is 495 g/mol. The van der Waals surface area contributed by atoms with Crippen LogP contribution in [0.3, 0.4) is 0 Å². The van der Waals surface area contributed by atoms with Gasteiger partial charge in [0.2, 0.25) is 0 Å². The topological polar surface area (TPSA) is 69.2 Å². The molecule has 1 aliphatic carbocycles. The first-order chi connectivity index (χ1) is 13.8. The van der Waals surface area contributed by atoms with Crippen LogP contribution in [-0.4, -0.2) is 57.5 Å². The van der Waals surface area contributed by atoms with Crippen molar-refractivity contribution in [3.63, 3.8) is 0 Å². The van der Waals surface area contributed by atoms with Gasteiger partial charge >= 0.3 is 0 Å². The third-order valence-electron chi connectivity index (χ3n) is 5.99. The molecule has 158 valence electrons. The van der Waals surface area contributed by atoms with E-state index in [1.807, 2.05) is 18.8 Å². The number of hydrogen-bond donors (Lipinski definition) is 2. The first kappa shape index (κ1) is 22.4. The van der Waals surface area contributed by atoms with Gasteiger partial charge in [-0.3, -0.25) is 10.1 Å². The highest BCUT2D eigenvalue weighted by Gasteiger charge is 2.35. The molecular formula is C21H31IN6S. The quantitative estimate of drug-likeness (QED) is 0.346. The van der Waals surface area contributed by atoms with E-state index in [0.717, 1.165) is 44.3 Å². The fraction of sp³-hybridized carbons (Fsp3) is 0.571. The fourth-order valence-corrected chi connectivity index (χ4v) is 5.85. The maximum Gasteiger partial charge on any atom is 0.193 e. The van der Waals surface area contributed by atoms with E-state index in [2.05, 4.69) is 60.7 Å².